The minimum atomic E-state index is -4.67. The first-order chi connectivity index (χ1) is 14.2. The Morgan fingerprint density at radius 3 is 2.73 bits per heavy atom. The highest BCUT2D eigenvalue weighted by atomic mass is 19.4. The summed E-state index contributed by atoms with van der Waals surface area (Å²) in [5, 5.41) is 11.9. The van der Waals surface area contributed by atoms with Crippen LogP contribution in [-0.4, -0.2) is 60.9 Å². The van der Waals surface area contributed by atoms with E-state index in [0.29, 0.717) is 12.5 Å². The van der Waals surface area contributed by atoms with E-state index in [1.807, 2.05) is 0 Å². The van der Waals surface area contributed by atoms with Crippen molar-refractivity contribution in [3.8, 4) is 5.95 Å². The van der Waals surface area contributed by atoms with Gasteiger partial charge in [0.1, 0.15) is 11.9 Å². The van der Waals surface area contributed by atoms with Crippen molar-refractivity contribution >= 4 is 5.91 Å². The molecule has 30 heavy (non-hydrogen) atoms. The van der Waals surface area contributed by atoms with Crippen LogP contribution in [0.1, 0.15) is 54.9 Å². The maximum Gasteiger partial charge on any atom is 0.451 e. The van der Waals surface area contributed by atoms with Gasteiger partial charge in [0.15, 0.2) is 5.79 Å². The number of aryl methyl sites for hydroxylation is 1. The minimum absolute atomic E-state index is 0.170. The summed E-state index contributed by atoms with van der Waals surface area (Å²) in [4.78, 5) is 19.7. The van der Waals surface area contributed by atoms with Gasteiger partial charge in [-0.1, -0.05) is 6.92 Å². The van der Waals surface area contributed by atoms with Crippen molar-refractivity contribution in [3.63, 3.8) is 0 Å². The van der Waals surface area contributed by atoms with Crippen molar-refractivity contribution in [2.45, 2.75) is 57.6 Å². The number of alkyl halides is 3. The number of aromatic nitrogens is 6. The molecule has 0 bridgehead atoms. The monoisotopic (exact) mass is 429 g/mol. The first kappa shape index (κ1) is 20.7. The number of nitrogens with zero attached hydrogens (tertiary/aromatic N) is 5. The summed E-state index contributed by atoms with van der Waals surface area (Å²) in [7, 11) is 0. The first-order valence-corrected chi connectivity index (χ1v) is 9.69. The average Bonchev–Trinajstić information content (AvgIpc) is 3.41. The predicted molar refractivity (Wildman–Crippen MR) is 94.6 cm³/mol. The van der Waals surface area contributed by atoms with E-state index in [0.717, 1.165) is 30.4 Å². The Labute approximate surface area is 169 Å². The normalized spacial score (nSPS) is 27.0. The molecule has 13 heteroatoms. The largest absolute Gasteiger partial charge is 0.451 e. The predicted octanol–water partition coefficient (Wildman–Crippen LogP) is 1.76. The van der Waals surface area contributed by atoms with Crippen LogP contribution in [0, 0.1) is 12.8 Å². The van der Waals surface area contributed by atoms with E-state index in [4.69, 9.17) is 9.47 Å². The summed E-state index contributed by atoms with van der Waals surface area (Å²) in [5.74, 6) is -2.13. The van der Waals surface area contributed by atoms with Crippen molar-refractivity contribution in [3.05, 3.63) is 17.5 Å². The van der Waals surface area contributed by atoms with Crippen LogP contribution in [0.15, 0.2) is 0 Å². The fourth-order valence-corrected chi connectivity index (χ4v) is 3.62. The van der Waals surface area contributed by atoms with Gasteiger partial charge in [-0.2, -0.15) is 22.8 Å². The Bertz CT molecular complexity index is 918. The lowest BCUT2D eigenvalue weighted by Crippen LogP contribution is -2.38. The summed E-state index contributed by atoms with van der Waals surface area (Å²) in [6, 6.07) is 0. The van der Waals surface area contributed by atoms with Gasteiger partial charge in [0.2, 0.25) is 11.6 Å². The van der Waals surface area contributed by atoms with Crippen molar-refractivity contribution in [1.82, 2.24) is 35.3 Å². The number of carbonyl (C=O) groups is 1. The topological polar surface area (TPSA) is 120 Å². The molecule has 1 atom stereocenters. The van der Waals surface area contributed by atoms with Crippen molar-refractivity contribution in [2.75, 3.05) is 13.2 Å². The fraction of sp³-hybridized carbons (Fsp3) is 0.706. The number of rotatable bonds is 4. The van der Waals surface area contributed by atoms with Crippen molar-refractivity contribution < 1.29 is 27.4 Å². The minimum Gasteiger partial charge on any atom is -0.347 e. The zero-order chi connectivity index (χ0) is 21.5. The van der Waals surface area contributed by atoms with Crippen molar-refractivity contribution in [1.29, 1.82) is 0 Å². The second-order valence-corrected chi connectivity index (χ2v) is 7.73. The molecule has 4 rings (SSSR count). The van der Waals surface area contributed by atoms with Gasteiger partial charge < -0.3 is 14.8 Å². The number of hydrogen-bond acceptors (Lipinski definition) is 7. The fourth-order valence-electron chi connectivity index (χ4n) is 3.62. The molecule has 1 saturated carbocycles. The third kappa shape index (κ3) is 4.17. The van der Waals surface area contributed by atoms with Gasteiger partial charge in [0.05, 0.1) is 6.61 Å². The number of H-pyrrole nitrogens is 1. The molecule has 2 aromatic rings. The summed E-state index contributed by atoms with van der Waals surface area (Å²) in [6.07, 6.45) is -1.21. The van der Waals surface area contributed by atoms with E-state index in [2.05, 4.69) is 32.4 Å². The molecule has 2 fully saturated rings. The Hall–Kier alpha value is -2.54. The first-order valence-electron chi connectivity index (χ1n) is 9.69. The highest BCUT2D eigenvalue weighted by molar-refractivity contribution is 5.90. The number of nitrogens with one attached hydrogen (secondary N) is 2. The smallest absolute Gasteiger partial charge is 0.347 e. The Kier molecular flexibility index (Phi) is 5.26. The molecule has 0 radical (unpaired) electrons. The Morgan fingerprint density at radius 2 is 2.07 bits per heavy atom. The number of ether oxygens (including phenoxy) is 2. The molecule has 2 aromatic heterocycles. The molecular formula is C17H22F3N7O3. The van der Waals surface area contributed by atoms with E-state index in [-0.39, 0.29) is 30.2 Å². The maximum atomic E-state index is 12.7. The van der Waals surface area contributed by atoms with Crippen LogP contribution < -0.4 is 5.32 Å². The molecule has 1 aliphatic carbocycles. The summed E-state index contributed by atoms with van der Waals surface area (Å²) < 4.78 is 50.9. The van der Waals surface area contributed by atoms with Gasteiger partial charge in [-0.05, 0) is 25.7 Å². The van der Waals surface area contributed by atoms with Gasteiger partial charge in [-0.3, -0.25) is 9.89 Å². The quantitative estimate of drug-likeness (QED) is 0.760. The number of amides is 1. The lowest BCUT2D eigenvalue weighted by atomic mass is 9.86. The molecule has 3 heterocycles. The zero-order valence-corrected chi connectivity index (χ0v) is 16.5. The van der Waals surface area contributed by atoms with E-state index in [9.17, 15) is 18.0 Å². The van der Waals surface area contributed by atoms with Gasteiger partial charge in [0.25, 0.3) is 11.9 Å². The lowest BCUT2D eigenvalue weighted by Gasteiger charge is -2.34. The third-order valence-corrected chi connectivity index (χ3v) is 5.34. The molecule has 0 unspecified atom stereocenters. The second-order valence-electron chi connectivity index (χ2n) is 7.73. The SMILES string of the molecule is Cc1nc(C(=O)NC[C@H]2COC3(CCC(C)CC3)O2)nn1-c1n[nH]c(C(F)(F)F)n1. The van der Waals surface area contributed by atoms with Gasteiger partial charge in [-0.25, -0.2) is 4.98 Å². The van der Waals surface area contributed by atoms with Crippen LogP contribution in [0.2, 0.25) is 0 Å². The number of hydrogen-bond donors (Lipinski definition) is 2. The number of carbonyl (C=O) groups excluding carboxylic acids is 1. The Morgan fingerprint density at radius 1 is 1.33 bits per heavy atom. The third-order valence-electron chi connectivity index (χ3n) is 5.34. The number of halogens is 3. The molecule has 1 amide bonds. The molecule has 164 valence electrons. The highest BCUT2D eigenvalue weighted by Gasteiger charge is 2.43. The zero-order valence-electron chi connectivity index (χ0n) is 16.5. The molecule has 1 aliphatic heterocycles. The molecule has 10 nitrogen and oxygen atoms in total. The van der Waals surface area contributed by atoms with Crippen LogP contribution in [0.5, 0.6) is 0 Å². The van der Waals surface area contributed by atoms with Gasteiger partial charge in [0, 0.05) is 19.4 Å². The molecule has 1 spiro atoms. The van der Waals surface area contributed by atoms with Crippen LogP contribution in [0.4, 0.5) is 13.2 Å². The van der Waals surface area contributed by atoms with E-state index in [1.54, 1.807) is 5.10 Å². The van der Waals surface area contributed by atoms with Crippen LogP contribution in [0.25, 0.3) is 5.95 Å². The second kappa shape index (κ2) is 7.61. The van der Waals surface area contributed by atoms with Crippen LogP contribution in [-0.2, 0) is 15.7 Å². The molecule has 2 aliphatic rings. The van der Waals surface area contributed by atoms with E-state index >= 15 is 0 Å². The van der Waals surface area contributed by atoms with Gasteiger partial charge in [-0.15, -0.1) is 10.2 Å². The molecule has 0 aromatic carbocycles. The molecular weight excluding hydrogens is 407 g/mol. The Balaban J connectivity index is 1.36. The van der Waals surface area contributed by atoms with E-state index in [1.165, 1.54) is 6.92 Å². The molecule has 2 N–H and O–H groups in total. The highest BCUT2D eigenvalue weighted by Crippen LogP contribution is 2.39. The van der Waals surface area contributed by atoms with E-state index < -0.39 is 23.7 Å². The van der Waals surface area contributed by atoms with Crippen LogP contribution in [0.3, 0.4) is 0 Å². The van der Waals surface area contributed by atoms with Crippen LogP contribution >= 0.6 is 0 Å². The standard InChI is InChI=1S/C17H22F3N7O3/c1-9-3-5-16(6-4-9)29-8-11(30-16)7-21-13(28)12-22-10(2)27(26-12)15-23-14(24-25-15)17(18,19)20/h9,11H,3-8H2,1-2H3,(H,21,28)(H,23,24,25)/t9?,11-,16?/m0/s1. The van der Waals surface area contributed by atoms with Crippen molar-refractivity contribution in [2.24, 2.45) is 5.92 Å². The summed E-state index contributed by atoms with van der Waals surface area (Å²) in [5.41, 5.74) is 0. The molecule has 1 saturated heterocycles. The van der Waals surface area contributed by atoms with Gasteiger partial charge >= 0.3 is 6.18 Å². The number of aromatic amines is 1. The summed E-state index contributed by atoms with van der Waals surface area (Å²) >= 11 is 0. The summed E-state index contributed by atoms with van der Waals surface area (Å²) in [6.45, 7) is 4.28. The maximum absolute atomic E-state index is 12.7. The lowest BCUT2D eigenvalue weighted by molar-refractivity contribution is -0.191. The average molecular weight is 429 g/mol.